The molecule has 0 atom stereocenters. The third-order valence-electron chi connectivity index (χ3n) is 3.82. The number of hydrazine groups is 1. The molecule has 0 unspecified atom stereocenters. The number of para-hydroxylation sites is 1. The minimum absolute atomic E-state index is 0.0924. The quantitative estimate of drug-likeness (QED) is 0.419. The predicted octanol–water partition coefficient (Wildman–Crippen LogP) is 0.993. The highest BCUT2D eigenvalue weighted by Gasteiger charge is 2.31. The van der Waals surface area contributed by atoms with Crippen LogP contribution >= 0.6 is 0 Å². The van der Waals surface area contributed by atoms with Gasteiger partial charge in [-0.25, -0.2) is 5.84 Å². The van der Waals surface area contributed by atoms with Gasteiger partial charge >= 0.3 is 0 Å². The minimum Gasteiger partial charge on any atom is -0.459 e. The predicted molar refractivity (Wildman–Crippen MR) is 78.4 cm³/mol. The van der Waals surface area contributed by atoms with Gasteiger partial charge in [-0.3, -0.25) is 15.1 Å². The first-order valence-electron chi connectivity index (χ1n) is 7.11. The van der Waals surface area contributed by atoms with Crippen LogP contribution in [0.2, 0.25) is 0 Å². The molecule has 0 spiro atoms. The molecule has 1 aliphatic carbocycles. The minimum atomic E-state index is -0.352. The van der Waals surface area contributed by atoms with E-state index in [-0.39, 0.29) is 12.5 Å². The number of amides is 1. The first-order valence-corrected chi connectivity index (χ1v) is 7.11. The maximum Gasteiger partial charge on any atom is 0.269 e. The number of nitrogens with zero attached hydrogens (tertiary/aromatic N) is 1. The number of carbonyl (C=O) groups is 1. The molecule has 6 nitrogen and oxygen atoms in total. The Bertz CT molecular complexity index is 649. The number of aliphatic hydroxyl groups is 1. The SMILES string of the molecule is NNC(=O)c1c(CN(CCO)C2CC2)oc2ccccc12. The molecule has 3 rings (SSSR count). The van der Waals surface area contributed by atoms with Gasteiger partial charge in [0.05, 0.1) is 18.7 Å². The molecule has 1 saturated carbocycles. The standard InChI is InChI=1S/C15H19N3O3/c16-17-15(20)14-11-3-1-2-4-12(11)21-13(14)9-18(7-8-19)10-5-6-10/h1-4,10,19H,5-9,16H2,(H,17,20). The van der Waals surface area contributed by atoms with E-state index >= 15 is 0 Å². The van der Waals surface area contributed by atoms with Gasteiger partial charge in [-0.2, -0.15) is 0 Å². The third-order valence-corrected chi connectivity index (χ3v) is 3.82. The summed E-state index contributed by atoms with van der Waals surface area (Å²) in [4.78, 5) is 14.2. The maximum absolute atomic E-state index is 12.1. The zero-order valence-corrected chi connectivity index (χ0v) is 11.7. The van der Waals surface area contributed by atoms with Crippen molar-refractivity contribution in [2.45, 2.75) is 25.4 Å². The lowest BCUT2D eigenvalue weighted by molar-refractivity contribution is 0.0950. The first kappa shape index (κ1) is 14.1. The molecule has 0 aliphatic heterocycles. The molecule has 4 N–H and O–H groups in total. The van der Waals surface area contributed by atoms with E-state index in [1.54, 1.807) is 0 Å². The Morgan fingerprint density at radius 1 is 1.43 bits per heavy atom. The highest BCUT2D eigenvalue weighted by molar-refractivity contribution is 6.07. The van der Waals surface area contributed by atoms with Crippen LogP contribution in [0.25, 0.3) is 11.0 Å². The Morgan fingerprint density at radius 3 is 2.86 bits per heavy atom. The number of fused-ring (bicyclic) bond motifs is 1. The summed E-state index contributed by atoms with van der Waals surface area (Å²) in [6, 6.07) is 7.88. The molecule has 21 heavy (non-hydrogen) atoms. The number of nitrogens with two attached hydrogens (primary N) is 1. The third kappa shape index (κ3) is 2.78. The summed E-state index contributed by atoms with van der Waals surface area (Å²) in [6.45, 7) is 1.17. The number of benzene rings is 1. The molecule has 1 aromatic heterocycles. The van der Waals surface area contributed by atoms with Gasteiger partial charge in [0.1, 0.15) is 11.3 Å². The van der Waals surface area contributed by atoms with Crippen LogP contribution in [0.4, 0.5) is 0 Å². The molecular formula is C15H19N3O3. The van der Waals surface area contributed by atoms with E-state index in [1.165, 1.54) is 0 Å². The number of hydrogen-bond acceptors (Lipinski definition) is 5. The fraction of sp³-hybridized carbons (Fsp3) is 0.400. The monoisotopic (exact) mass is 289 g/mol. The molecule has 0 saturated heterocycles. The van der Waals surface area contributed by atoms with Crippen molar-refractivity contribution in [2.24, 2.45) is 5.84 Å². The van der Waals surface area contributed by atoms with Crippen LogP contribution in [0.1, 0.15) is 29.0 Å². The average molecular weight is 289 g/mol. The van der Waals surface area contributed by atoms with Gasteiger partial charge in [-0.15, -0.1) is 0 Å². The van der Waals surface area contributed by atoms with Crippen molar-refractivity contribution in [1.29, 1.82) is 0 Å². The number of rotatable bonds is 6. The number of carbonyl (C=O) groups excluding carboxylic acids is 1. The Morgan fingerprint density at radius 2 is 2.19 bits per heavy atom. The highest BCUT2D eigenvalue weighted by atomic mass is 16.3. The molecule has 1 heterocycles. The molecule has 112 valence electrons. The van der Waals surface area contributed by atoms with E-state index < -0.39 is 0 Å². The lowest BCUT2D eigenvalue weighted by Gasteiger charge is -2.19. The van der Waals surface area contributed by atoms with Gasteiger partial charge in [0.2, 0.25) is 0 Å². The molecule has 1 amide bonds. The molecule has 0 radical (unpaired) electrons. The first-order chi connectivity index (χ1) is 10.2. The van der Waals surface area contributed by atoms with Gasteiger partial charge in [-0.1, -0.05) is 18.2 Å². The molecule has 1 fully saturated rings. The lowest BCUT2D eigenvalue weighted by atomic mass is 10.1. The largest absolute Gasteiger partial charge is 0.459 e. The Labute approximate surface area is 122 Å². The van der Waals surface area contributed by atoms with Crippen molar-refractivity contribution in [1.82, 2.24) is 10.3 Å². The normalized spacial score (nSPS) is 14.8. The Kier molecular flexibility index (Phi) is 3.92. The lowest BCUT2D eigenvalue weighted by Crippen LogP contribution is -2.32. The van der Waals surface area contributed by atoms with E-state index in [4.69, 9.17) is 10.3 Å². The van der Waals surface area contributed by atoms with E-state index in [2.05, 4.69) is 10.3 Å². The van der Waals surface area contributed by atoms with E-state index in [9.17, 15) is 9.90 Å². The van der Waals surface area contributed by atoms with E-state index in [0.29, 0.717) is 36.0 Å². The molecule has 1 aromatic carbocycles. The van der Waals surface area contributed by atoms with E-state index in [0.717, 1.165) is 18.2 Å². The average Bonchev–Trinajstić information content (AvgIpc) is 3.27. The fourth-order valence-corrected chi connectivity index (χ4v) is 2.67. The number of aliphatic hydroxyl groups excluding tert-OH is 1. The van der Waals surface area contributed by atoms with Crippen LogP contribution in [0.3, 0.4) is 0 Å². The van der Waals surface area contributed by atoms with Crippen LogP contribution in [0.15, 0.2) is 28.7 Å². The zero-order valence-electron chi connectivity index (χ0n) is 11.7. The Balaban J connectivity index is 1.98. The smallest absolute Gasteiger partial charge is 0.269 e. The number of nitrogens with one attached hydrogen (secondary N) is 1. The van der Waals surface area contributed by atoms with Crippen molar-refractivity contribution >= 4 is 16.9 Å². The summed E-state index contributed by atoms with van der Waals surface area (Å²) in [5, 5.41) is 9.94. The van der Waals surface area contributed by atoms with Crippen LogP contribution < -0.4 is 11.3 Å². The van der Waals surface area contributed by atoms with Crippen molar-refractivity contribution in [3.63, 3.8) is 0 Å². The second-order valence-electron chi connectivity index (χ2n) is 5.30. The molecule has 2 aromatic rings. The maximum atomic E-state index is 12.1. The van der Waals surface area contributed by atoms with Gasteiger partial charge in [0.15, 0.2) is 0 Å². The van der Waals surface area contributed by atoms with E-state index in [1.807, 2.05) is 24.3 Å². The topological polar surface area (TPSA) is 91.7 Å². The molecular weight excluding hydrogens is 270 g/mol. The van der Waals surface area contributed by atoms with Crippen LogP contribution in [0.5, 0.6) is 0 Å². The summed E-state index contributed by atoms with van der Waals surface area (Å²) in [6.07, 6.45) is 2.25. The van der Waals surface area contributed by atoms with Crippen molar-refractivity contribution in [2.75, 3.05) is 13.2 Å². The van der Waals surface area contributed by atoms with Crippen molar-refractivity contribution < 1.29 is 14.3 Å². The van der Waals surface area contributed by atoms with Crippen molar-refractivity contribution in [3.8, 4) is 0 Å². The van der Waals surface area contributed by atoms with Crippen molar-refractivity contribution in [3.05, 3.63) is 35.6 Å². The molecule has 0 bridgehead atoms. The van der Waals surface area contributed by atoms with Gasteiger partial charge in [-0.05, 0) is 18.9 Å². The second-order valence-corrected chi connectivity index (χ2v) is 5.30. The number of nitrogen functional groups attached to an aromatic ring is 1. The van der Waals surface area contributed by atoms with Gasteiger partial charge in [0, 0.05) is 18.0 Å². The summed E-state index contributed by atoms with van der Waals surface area (Å²) < 4.78 is 5.84. The Hall–Kier alpha value is -1.89. The summed E-state index contributed by atoms with van der Waals surface area (Å²) in [7, 11) is 0. The highest BCUT2D eigenvalue weighted by Crippen LogP contribution is 2.31. The summed E-state index contributed by atoms with van der Waals surface area (Å²) in [5.41, 5.74) is 3.34. The summed E-state index contributed by atoms with van der Waals surface area (Å²) in [5.74, 6) is 5.53. The van der Waals surface area contributed by atoms with Crippen LogP contribution in [-0.4, -0.2) is 35.1 Å². The molecule has 1 aliphatic rings. The molecule has 6 heteroatoms. The summed E-state index contributed by atoms with van der Waals surface area (Å²) >= 11 is 0. The second kappa shape index (κ2) is 5.85. The van der Waals surface area contributed by atoms with Gasteiger partial charge in [0.25, 0.3) is 5.91 Å². The zero-order chi connectivity index (χ0) is 14.8. The number of hydrogen-bond donors (Lipinski definition) is 3. The van der Waals surface area contributed by atoms with Crippen LogP contribution in [0, 0.1) is 0 Å². The van der Waals surface area contributed by atoms with Crippen LogP contribution in [-0.2, 0) is 6.54 Å². The van der Waals surface area contributed by atoms with Gasteiger partial charge < -0.3 is 9.52 Å². The fourth-order valence-electron chi connectivity index (χ4n) is 2.67. The number of furan rings is 1.